The Kier molecular flexibility index (Phi) is 8.21. The number of carbonyl (C=O) groups excluding carboxylic acids is 2. The van der Waals surface area contributed by atoms with E-state index < -0.39 is 34.3 Å². The third kappa shape index (κ3) is 6.71. The van der Waals surface area contributed by atoms with Crippen molar-refractivity contribution in [2.75, 3.05) is 23.9 Å². The largest absolute Gasteiger partial charge is 0.454 e. The van der Waals surface area contributed by atoms with E-state index in [9.17, 15) is 22.4 Å². The van der Waals surface area contributed by atoms with Crippen molar-refractivity contribution in [1.82, 2.24) is 10.2 Å². The number of hydrogen-bond donors (Lipinski definition) is 1. The van der Waals surface area contributed by atoms with Crippen LogP contribution < -0.4 is 19.1 Å². The molecule has 1 atom stereocenters. The smallest absolute Gasteiger partial charge is 0.244 e. The van der Waals surface area contributed by atoms with E-state index in [0.717, 1.165) is 42.7 Å². The van der Waals surface area contributed by atoms with E-state index >= 15 is 0 Å². The van der Waals surface area contributed by atoms with Crippen LogP contribution in [0.4, 0.5) is 10.1 Å². The van der Waals surface area contributed by atoms with Gasteiger partial charge in [-0.2, -0.15) is 0 Å². The Hall–Kier alpha value is -3.34. The molecule has 1 fully saturated rings. The van der Waals surface area contributed by atoms with Crippen molar-refractivity contribution in [3.05, 3.63) is 53.8 Å². The van der Waals surface area contributed by atoms with E-state index in [1.807, 2.05) is 0 Å². The van der Waals surface area contributed by atoms with Crippen molar-refractivity contribution in [2.45, 2.75) is 57.7 Å². The van der Waals surface area contributed by atoms with Crippen LogP contribution >= 0.6 is 0 Å². The van der Waals surface area contributed by atoms with Crippen molar-refractivity contribution in [1.29, 1.82) is 0 Å². The first-order valence-corrected chi connectivity index (χ1v) is 14.2. The highest BCUT2D eigenvalue weighted by atomic mass is 32.2. The fourth-order valence-electron chi connectivity index (χ4n) is 4.59. The van der Waals surface area contributed by atoms with Crippen molar-refractivity contribution in [3.8, 4) is 11.5 Å². The maximum atomic E-state index is 13.6. The number of sulfonamides is 1. The SMILES string of the molecule is C[C@H](C(=O)NC1CCCCC1)N(Cc1ccc(F)cc1)C(=O)CN(c1ccc2c(c1)OCO2)S(C)(=O)=O. The fraction of sp³-hybridized carbons (Fsp3) is 0.462. The molecule has 0 bridgehead atoms. The van der Waals surface area contributed by atoms with Crippen molar-refractivity contribution in [3.63, 3.8) is 0 Å². The first-order chi connectivity index (χ1) is 17.6. The lowest BCUT2D eigenvalue weighted by Crippen LogP contribution is -2.52. The Morgan fingerprint density at radius 1 is 1.05 bits per heavy atom. The molecule has 2 amide bonds. The van der Waals surface area contributed by atoms with Gasteiger partial charge in [-0.3, -0.25) is 13.9 Å². The predicted molar refractivity (Wildman–Crippen MR) is 136 cm³/mol. The molecule has 2 aromatic rings. The minimum atomic E-state index is -3.87. The van der Waals surface area contributed by atoms with E-state index in [1.165, 1.54) is 41.3 Å². The van der Waals surface area contributed by atoms with Gasteiger partial charge in [-0.05, 0) is 49.6 Å². The van der Waals surface area contributed by atoms with Gasteiger partial charge in [-0.15, -0.1) is 0 Å². The number of nitrogens with zero attached hydrogens (tertiary/aromatic N) is 2. The normalized spacial score (nSPS) is 16.2. The van der Waals surface area contributed by atoms with Crippen molar-refractivity contribution < 1.29 is 31.9 Å². The van der Waals surface area contributed by atoms with E-state index in [4.69, 9.17) is 9.47 Å². The maximum Gasteiger partial charge on any atom is 0.244 e. The summed E-state index contributed by atoms with van der Waals surface area (Å²) >= 11 is 0. The summed E-state index contributed by atoms with van der Waals surface area (Å²) in [5, 5.41) is 3.04. The summed E-state index contributed by atoms with van der Waals surface area (Å²) in [4.78, 5) is 28.1. The van der Waals surface area contributed by atoms with E-state index in [2.05, 4.69) is 5.32 Å². The van der Waals surface area contributed by atoms with Gasteiger partial charge in [0.05, 0.1) is 11.9 Å². The molecule has 1 aliphatic carbocycles. The molecule has 1 N–H and O–H groups in total. The molecule has 1 heterocycles. The lowest BCUT2D eigenvalue weighted by Gasteiger charge is -2.33. The molecule has 0 aromatic heterocycles. The summed E-state index contributed by atoms with van der Waals surface area (Å²) < 4.78 is 50.5. The Morgan fingerprint density at radius 2 is 1.73 bits per heavy atom. The second-order valence-corrected chi connectivity index (χ2v) is 11.4. The molecule has 0 unspecified atom stereocenters. The minimum Gasteiger partial charge on any atom is -0.454 e. The van der Waals surface area contributed by atoms with Gasteiger partial charge in [0.2, 0.25) is 28.6 Å². The van der Waals surface area contributed by atoms with E-state index in [1.54, 1.807) is 13.0 Å². The lowest BCUT2D eigenvalue weighted by molar-refractivity contribution is -0.139. The second kappa shape index (κ2) is 11.4. The van der Waals surface area contributed by atoms with Gasteiger partial charge < -0.3 is 19.7 Å². The molecule has 4 rings (SSSR count). The number of anilines is 1. The molecule has 2 aliphatic rings. The molecule has 0 spiro atoms. The van der Waals surface area contributed by atoms with Crippen LogP contribution in [0.2, 0.25) is 0 Å². The highest BCUT2D eigenvalue weighted by Gasteiger charge is 2.31. The Balaban J connectivity index is 1.58. The molecule has 11 heteroatoms. The summed E-state index contributed by atoms with van der Waals surface area (Å²) in [6.07, 6.45) is 5.99. The molecule has 200 valence electrons. The van der Waals surface area contributed by atoms with Crippen LogP contribution in [0.5, 0.6) is 11.5 Å². The quantitative estimate of drug-likeness (QED) is 0.531. The Morgan fingerprint density at radius 3 is 2.41 bits per heavy atom. The summed E-state index contributed by atoms with van der Waals surface area (Å²) in [6, 6.07) is 9.41. The zero-order valence-electron chi connectivity index (χ0n) is 21.0. The van der Waals surface area contributed by atoms with Gasteiger partial charge in [0.1, 0.15) is 18.4 Å². The summed E-state index contributed by atoms with van der Waals surface area (Å²) in [7, 11) is -3.87. The highest BCUT2D eigenvalue weighted by Crippen LogP contribution is 2.36. The monoisotopic (exact) mass is 533 g/mol. The molecule has 1 saturated carbocycles. The zero-order valence-corrected chi connectivity index (χ0v) is 21.8. The van der Waals surface area contributed by atoms with Crippen LogP contribution in [0.1, 0.15) is 44.6 Å². The lowest BCUT2D eigenvalue weighted by atomic mass is 9.95. The standard InChI is InChI=1S/C26H32FN3O6S/c1-18(26(32)28-21-6-4-3-5-7-21)29(15-19-8-10-20(27)11-9-19)25(31)16-30(37(2,33)34)22-12-13-23-24(14-22)36-17-35-23/h8-14,18,21H,3-7,15-17H2,1-2H3,(H,28,32)/t18-/m1/s1. The molecule has 0 saturated heterocycles. The maximum absolute atomic E-state index is 13.6. The van der Waals surface area contributed by atoms with Crippen LogP contribution in [0.25, 0.3) is 0 Å². The van der Waals surface area contributed by atoms with Crippen LogP contribution in [0.3, 0.4) is 0 Å². The Bertz CT molecular complexity index is 1230. The number of amides is 2. The first kappa shape index (κ1) is 26.7. The van der Waals surface area contributed by atoms with Crippen LogP contribution in [-0.4, -0.2) is 56.8 Å². The van der Waals surface area contributed by atoms with Gasteiger partial charge in [0.25, 0.3) is 0 Å². The second-order valence-electron chi connectivity index (χ2n) is 9.47. The molecular weight excluding hydrogens is 501 g/mol. The number of hydrogen-bond acceptors (Lipinski definition) is 6. The summed E-state index contributed by atoms with van der Waals surface area (Å²) in [6.45, 7) is 1.12. The third-order valence-corrected chi connectivity index (χ3v) is 7.85. The van der Waals surface area contributed by atoms with Gasteiger partial charge in [-0.25, -0.2) is 12.8 Å². The van der Waals surface area contributed by atoms with Gasteiger partial charge >= 0.3 is 0 Å². The number of halogens is 1. The number of ether oxygens (including phenoxy) is 2. The summed E-state index contributed by atoms with van der Waals surface area (Å²) in [5.74, 6) is -0.442. The predicted octanol–water partition coefficient (Wildman–Crippen LogP) is 3.19. The average Bonchev–Trinajstić information content (AvgIpc) is 3.34. The number of nitrogens with one attached hydrogen (secondary N) is 1. The Labute approximate surface area is 216 Å². The van der Waals surface area contributed by atoms with Crippen LogP contribution in [0.15, 0.2) is 42.5 Å². The average molecular weight is 534 g/mol. The summed E-state index contributed by atoms with van der Waals surface area (Å²) in [5.41, 5.74) is 0.849. The van der Waals surface area contributed by atoms with Gasteiger partial charge in [-0.1, -0.05) is 31.4 Å². The number of fused-ring (bicyclic) bond motifs is 1. The highest BCUT2D eigenvalue weighted by molar-refractivity contribution is 7.92. The topological polar surface area (TPSA) is 105 Å². The van der Waals surface area contributed by atoms with E-state index in [-0.39, 0.29) is 31.0 Å². The number of carbonyl (C=O) groups is 2. The van der Waals surface area contributed by atoms with Crippen molar-refractivity contribution >= 4 is 27.5 Å². The van der Waals surface area contributed by atoms with Crippen molar-refractivity contribution in [2.24, 2.45) is 0 Å². The molecule has 37 heavy (non-hydrogen) atoms. The molecule has 1 aliphatic heterocycles. The molecule has 2 aromatic carbocycles. The number of benzene rings is 2. The van der Waals surface area contributed by atoms with Gasteiger partial charge in [0.15, 0.2) is 11.5 Å². The van der Waals surface area contributed by atoms with Crippen LogP contribution in [-0.2, 0) is 26.2 Å². The van der Waals surface area contributed by atoms with Gasteiger partial charge in [0, 0.05) is 18.7 Å². The molecule has 0 radical (unpaired) electrons. The first-order valence-electron chi connectivity index (χ1n) is 12.3. The third-order valence-electron chi connectivity index (χ3n) is 6.71. The minimum absolute atomic E-state index is 0.0110. The zero-order chi connectivity index (χ0) is 26.6. The number of rotatable bonds is 9. The fourth-order valence-corrected chi connectivity index (χ4v) is 5.43. The van der Waals surface area contributed by atoms with Crippen LogP contribution in [0, 0.1) is 5.82 Å². The molecule has 9 nitrogen and oxygen atoms in total. The molecular formula is C26H32FN3O6S. The van der Waals surface area contributed by atoms with E-state index in [0.29, 0.717) is 17.1 Å².